The Hall–Kier alpha value is -2.21. The predicted molar refractivity (Wildman–Crippen MR) is 91.3 cm³/mol. The zero-order valence-electron chi connectivity index (χ0n) is 13.6. The number of rotatable bonds is 4. The van der Waals surface area contributed by atoms with Crippen molar-refractivity contribution in [1.29, 1.82) is 0 Å². The average molecular weight is 332 g/mol. The highest BCUT2D eigenvalue weighted by atomic mass is 32.1. The lowest BCUT2D eigenvalue weighted by Crippen LogP contribution is -2.12. The fourth-order valence-corrected chi connectivity index (χ4v) is 3.07. The van der Waals surface area contributed by atoms with Crippen LogP contribution < -0.4 is 5.32 Å². The zero-order valence-corrected chi connectivity index (χ0v) is 14.5. The molecule has 0 fully saturated rings. The molecule has 0 bridgehead atoms. The highest BCUT2D eigenvalue weighted by Crippen LogP contribution is 2.29. The van der Waals surface area contributed by atoms with E-state index in [1.165, 1.54) is 11.3 Å². The Morgan fingerprint density at radius 3 is 2.57 bits per heavy atom. The topological polar surface area (TPSA) is 79.3 Å². The summed E-state index contributed by atoms with van der Waals surface area (Å²) in [6.45, 7) is 7.99. The molecule has 1 amide bonds. The molecule has 0 unspecified atom stereocenters. The molecule has 0 saturated carbocycles. The van der Waals surface area contributed by atoms with E-state index in [1.54, 1.807) is 24.3 Å². The van der Waals surface area contributed by atoms with Crippen LogP contribution in [0.4, 0.5) is 5.69 Å². The fourth-order valence-electron chi connectivity index (χ4n) is 2.05. The van der Waals surface area contributed by atoms with E-state index in [9.17, 15) is 9.59 Å². The Bertz CT molecular complexity index is 745. The molecule has 1 heterocycles. The van der Waals surface area contributed by atoms with E-state index >= 15 is 0 Å². The first-order valence-corrected chi connectivity index (χ1v) is 8.08. The quantitative estimate of drug-likeness (QED) is 0.896. The number of carbonyl (C=O) groups is 2. The first-order chi connectivity index (χ1) is 10.7. The standard InChI is InChI=1S/C17H20N2O3S/c1-10-14(23-16(18-10)17(2,3)4)15(22)19-12-7-5-6-11(8-12)9-13(20)21/h5-8H,9H2,1-4H3,(H,19,22)(H,20,21). The van der Waals surface area contributed by atoms with E-state index in [1.807, 2.05) is 6.92 Å². The SMILES string of the molecule is Cc1nc(C(C)(C)C)sc1C(=O)Nc1cccc(CC(=O)O)c1. The summed E-state index contributed by atoms with van der Waals surface area (Å²) in [7, 11) is 0. The van der Waals surface area contributed by atoms with Crippen LogP contribution in [0.5, 0.6) is 0 Å². The number of carboxylic acid groups (broad SMARTS) is 1. The Morgan fingerprint density at radius 2 is 2.00 bits per heavy atom. The van der Waals surface area contributed by atoms with Gasteiger partial charge >= 0.3 is 5.97 Å². The van der Waals surface area contributed by atoms with E-state index in [2.05, 4.69) is 31.1 Å². The van der Waals surface area contributed by atoms with Gasteiger partial charge in [-0.1, -0.05) is 32.9 Å². The predicted octanol–water partition coefficient (Wildman–Crippen LogP) is 3.63. The van der Waals surface area contributed by atoms with Gasteiger partial charge in [-0.3, -0.25) is 9.59 Å². The number of amides is 1. The third-order valence-electron chi connectivity index (χ3n) is 3.18. The lowest BCUT2D eigenvalue weighted by Gasteiger charge is -2.13. The summed E-state index contributed by atoms with van der Waals surface area (Å²) < 4.78 is 0. The Morgan fingerprint density at radius 1 is 1.30 bits per heavy atom. The van der Waals surface area contributed by atoms with Crippen LogP contribution in [0.25, 0.3) is 0 Å². The number of carboxylic acids is 1. The number of anilines is 1. The van der Waals surface area contributed by atoms with Crippen LogP contribution in [0.15, 0.2) is 24.3 Å². The second-order valence-electron chi connectivity index (χ2n) is 6.41. The van der Waals surface area contributed by atoms with Crippen LogP contribution in [0.1, 0.15) is 46.7 Å². The largest absolute Gasteiger partial charge is 0.481 e. The van der Waals surface area contributed by atoms with Crippen LogP contribution >= 0.6 is 11.3 Å². The van der Waals surface area contributed by atoms with E-state index in [4.69, 9.17) is 5.11 Å². The first kappa shape index (κ1) is 17.1. The molecule has 0 radical (unpaired) electrons. The molecule has 0 aliphatic carbocycles. The average Bonchev–Trinajstić information content (AvgIpc) is 2.80. The number of nitrogens with one attached hydrogen (secondary N) is 1. The Balaban J connectivity index is 2.19. The van der Waals surface area contributed by atoms with Crippen LogP contribution in [-0.4, -0.2) is 22.0 Å². The minimum absolute atomic E-state index is 0.0720. The molecule has 0 aliphatic heterocycles. The van der Waals surface area contributed by atoms with Crippen molar-refractivity contribution in [3.05, 3.63) is 45.4 Å². The van der Waals surface area contributed by atoms with Crippen LogP contribution in [0, 0.1) is 6.92 Å². The maximum atomic E-state index is 12.5. The number of nitrogens with zero attached hydrogens (tertiary/aromatic N) is 1. The van der Waals surface area contributed by atoms with E-state index in [0.717, 1.165) is 5.01 Å². The molecule has 1 aromatic heterocycles. The summed E-state index contributed by atoms with van der Waals surface area (Å²) in [4.78, 5) is 28.3. The number of aromatic nitrogens is 1. The van der Waals surface area contributed by atoms with E-state index in [0.29, 0.717) is 21.8 Å². The van der Waals surface area contributed by atoms with Crippen molar-refractivity contribution in [2.24, 2.45) is 0 Å². The van der Waals surface area contributed by atoms with Gasteiger partial charge in [-0.15, -0.1) is 11.3 Å². The van der Waals surface area contributed by atoms with Gasteiger partial charge in [-0.25, -0.2) is 4.98 Å². The number of carbonyl (C=O) groups excluding carboxylic acids is 1. The monoisotopic (exact) mass is 332 g/mol. The second-order valence-corrected chi connectivity index (χ2v) is 7.41. The molecule has 2 aromatic rings. The minimum atomic E-state index is -0.901. The van der Waals surface area contributed by atoms with Crippen molar-refractivity contribution in [2.45, 2.75) is 39.5 Å². The van der Waals surface area contributed by atoms with Gasteiger partial charge in [-0.05, 0) is 24.6 Å². The summed E-state index contributed by atoms with van der Waals surface area (Å²) in [5, 5.41) is 12.6. The molecule has 122 valence electrons. The van der Waals surface area contributed by atoms with Crippen LogP contribution in [-0.2, 0) is 16.6 Å². The summed E-state index contributed by atoms with van der Waals surface area (Å²) in [5.74, 6) is -1.12. The van der Waals surface area contributed by atoms with Crippen molar-refractivity contribution in [2.75, 3.05) is 5.32 Å². The summed E-state index contributed by atoms with van der Waals surface area (Å²) >= 11 is 1.39. The van der Waals surface area contributed by atoms with Crippen LogP contribution in [0.3, 0.4) is 0 Å². The second kappa shape index (κ2) is 6.50. The van der Waals surface area contributed by atoms with Gasteiger partial charge < -0.3 is 10.4 Å². The number of benzene rings is 1. The van der Waals surface area contributed by atoms with E-state index in [-0.39, 0.29) is 17.7 Å². The summed E-state index contributed by atoms with van der Waals surface area (Å²) in [6.07, 6.45) is -0.0720. The maximum absolute atomic E-state index is 12.5. The van der Waals surface area contributed by atoms with Gasteiger partial charge in [0.15, 0.2) is 0 Å². The van der Waals surface area contributed by atoms with Gasteiger partial charge in [0.2, 0.25) is 0 Å². The minimum Gasteiger partial charge on any atom is -0.481 e. The normalized spacial score (nSPS) is 11.3. The van der Waals surface area contributed by atoms with Crippen LogP contribution in [0.2, 0.25) is 0 Å². The summed E-state index contributed by atoms with van der Waals surface area (Å²) in [5.41, 5.74) is 1.83. The fraction of sp³-hybridized carbons (Fsp3) is 0.353. The molecule has 6 heteroatoms. The number of thiazole rings is 1. The van der Waals surface area contributed by atoms with E-state index < -0.39 is 5.97 Å². The molecule has 2 N–H and O–H groups in total. The first-order valence-electron chi connectivity index (χ1n) is 7.27. The molecule has 1 aromatic carbocycles. The lowest BCUT2D eigenvalue weighted by atomic mass is 9.98. The molecule has 0 aliphatic rings. The number of hydrogen-bond acceptors (Lipinski definition) is 4. The number of aliphatic carboxylic acids is 1. The van der Waals surface area contributed by atoms with Gasteiger partial charge in [0.25, 0.3) is 5.91 Å². The smallest absolute Gasteiger partial charge is 0.307 e. The summed E-state index contributed by atoms with van der Waals surface area (Å²) in [6, 6.07) is 6.87. The van der Waals surface area contributed by atoms with Crippen molar-refractivity contribution < 1.29 is 14.7 Å². The molecular weight excluding hydrogens is 312 g/mol. The number of hydrogen-bond donors (Lipinski definition) is 2. The molecule has 2 rings (SSSR count). The third kappa shape index (κ3) is 4.39. The molecule has 0 saturated heterocycles. The van der Waals surface area contributed by atoms with Crippen molar-refractivity contribution in [1.82, 2.24) is 4.98 Å². The molecule has 0 atom stereocenters. The molecule has 5 nitrogen and oxygen atoms in total. The molecule has 23 heavy (non-hydrogen) atoms. The van der Waals surface area contributed by atoms with Gasteiger partial charge in [0, 0.05) is 11.1 Å². The Kier molecular flexibility index (Phi) is 4.85. The zero-order chi connectivity index (χ0) is 17.2. The van der Waals surface area contributed by atoms with Crippen molar-refractivity contribution in [3.63, 3.8) is 0 Å². The molecular formula is C17H20N2O3S. The van der Waals surface area contributed by atoms with Crippen molar-refractivity contribution >= 4 is 28.9 Å². The lowest BCUT2D eigenvalue weighted by molar-refractivity contribution is -0.136. The number of aryl methyl sites for hydroxylation is 1. The highest BCUT2D eigenvalue weighted by Gasteiger charge is 2.23. The maximum Gasteiger partial charge on any atom is 0.307 e. The van der Waals surface area contributed by atoms with Gasteiger partial charge in [0.1, 0.15) is 4.88 Å². The highest BCUT2D eigenvalue weighted by molar-refractivity contribution is 7.14. The van der Waals surface area contributed by atoms with Crippen molar-refractivity contribution in [3.8, 4) is 0 Å². The molecule has 0 spiro atoms. The Labute approximate surface area is 139 Å². The third-order valence-corrected chi connectivity index (χ3v) is 4.77. The van der Waals surface area contributed by atoms with Gasteiger partial charge in [-0.2, -0.15) is 0 Å². The van der Waals surface area contributed by atoms with Gasteiger partial charge in [0.05, 0.1) is 17.1 Å².